The molecule has 0 aliphatic carbocycles. The SMILES string of the molecule is Cc1c(Cl)cc(Cl)cc1SNCCCCO. The van der Waals surface area contributed by atoms with Gasteiger partial charge in [-0.2, -0.15) is 0 Å². The van der Waals surface area contributed by atoms with Crippen molar-refractivity contribution in [3.8, 4) is 0 Å². The Bertz CT molecular complexity index is 347. The summed E-state index contributed by atoms with van der Waals surface area (Å²) in [6, 6.07) is 3.64. The van der Waals surface area contributed by atoms with E-state index < -0.39 is 0 Å². The maximum atomic E-state index is 8.63. The van der Waals surface area contributed by atoms with Crippen LogP contribution in [0.25, 0.3) is 0 Å². The maximum absolute atomic E-state index is 8.63. The van der Waals surface area contributed by atoms with Crippen molar-refractivity contribution in [2.75, 3.05) is 13.2 Å². The molecule has 0 saturated carbocycles. The Balaban J connectivity index is 2.47. The van der Waals surface area contributed by atoms with Gasteiger partial charge in [-0.15, -0.1) is 0 Å². The minimum absolute atomic E-state index is 0.244. The zero-order valence-electron chi connectivity index (χ0n) is 9.09. The highest BCUT2D eigenvalue weighted by molar-refractivity contribution is 7.97. The molecule has 2 nitrogen and oxygen atoms in total. The fourth-order valence-corrected chi connectivity index (χ4v) is 2.63. The van der Waals surface area contributed by atoms with Crippen LogP contribution in [0.1, 0.15) is 18.4 Å². The summed E-state index contributed by atoms with van der Waals surface area (Å²) in [5, 5.41) is 9.97. The molecule has 0 radical (unpaired) electrons. The molecular weight excluding hydrogens is 265 g/mol. The van der Waals surface area contributed by atoms with E-state index in [1.54, 1.807) is 6.07 Å². The van der Waals surface area contributed by atoms with Crippen molar-refractivity contribution in [1.29, 1.82) is 0 Å². The number of benzene rings is 1. The zero-order valence-corrected chi connectivity index (χ0v) is 11.4. The molecule has 0 aliphatic heterocycles. The lowest BCUT2D eigenvalue weighted by Crippen LogP contribution is -2.06. The summed E-state index contributed by atoms with van der Waals surface area (Å²) >= 11 is 13.5. The summed E-state index contributed by atoms with van der Waals surface area (Å²) in [6.07, 6.45) is 1.78. The average Bonchev–Trinajstić information content (AvgIpc) is 2.24. The second kappa shape index (κ2) is 7.41. The number of nitrogens with one attached hydrogen (secondary N) is 1. The molecule has 90 valence electrons. The number of aliphatic hydroxyl groups is 1. The van der Waals surface area contributed by atoms with E-state index in [1.807, 2.05) is 13.0 Å². The van der Waals surface area contributed by atoms with Gasteiger partial charge in [-0.05, 0) is 49.4 Å². The fourth-order valence-electron chi connectivity index (χ4n) is 1.17. The highest BCUT2D eigenvalue weighted by Gasteiger charge is 2.05. The summed E-state index contributed by atoms with van der Waals surface area (Å²) in [5.74, 6) is 0. The molecule has 0 unspecified atom stereocenters. The number of hydrogen-bond acceptors (Lipinski definition) is 3. The van der Waals surface area contributed by atoms with Gasteiger partial charge < -0.3 is 5.11 Å². The van der Waals surface area contributed by atoms with Crippen molar-refractivity contribution in [2.24, 2.45) is 0 Å². The quantitative estimate of drug-likeness (QED) is 0.616. The van der Waals surface area contributed by atoms with Crippen molar-refractivity contribution >= 4 is 35.1 Å². The maximum Gasteiger partial charge on any atom is 0.0461 e. The van der Waals surface area contributed by atoms with Crippen LogP contribution in [0.15, 0.2) is 17.0 Å². The summed E-state index contributed by atoms with van der Waals surface area (Å²) in [4.78, 5) is 1.04. The molecular formula is C11H15Cl2NOS. The molecule has 0 aromatic heterocycles. The van der Waals surface area contributed by atoms with Gasteiger partial charge in [0.2, 0.25) is 0 Å². The van der Waals surface area contributed by atoms with Crippen LogP contribution in [0.5, 0.6) is 0 Å². The highest BCUT2D eigenvalue weighted by atomic mass is 35.5. The third-order valence-corrected chi connectivity index (χ3v) is 3.73. The molecule has 0 aliphatic rings. The third-order valence-electron chi connectivity index (χ3n) is 2.13. The van der Waals surface area contributed by atoms with E-state index >= 15 is 0 Å². The number of halogens is 2. The van der Waals surface area contributed by atoms with Gasteiger partial charge in [0.15, 0.2) is 0 Å². The molecule has 0 saturated heterocycles. The van der Waals surface area contributed by atoms with Crippen LogP contribution in [-0.2, 0) is 0 Å². The molecule has 5 heteroatoms. The minimum atomic E-state index is 0.244. The molecule has 1 aromatic rings. The van der Waals surface area contributed by atoms with Crippen LogP contribution in [0.2, 0.25) is 10.0 Å². The first kappa shape index (κ1) is 14.1. The minimum Gasteiger partial charge on any atom is -0.396 e. The number of unbranched alkanes of at least 4 members (excludes halogenated alkanes) is 1. The first-order valence-electron chi connectivity index (χ1n) is 5.11. The van der Waals surface area contributed by atoms with Crippen molar-refractivity contribution in [3.05, 3.63) is 27.7 Å². The number of aliphatic hydroxyl groups excluding tert-OH is 1. The van der Waals surface area contributed by atoms with Gasteiger partial charge in [-0.25, -0.2) is 0 Å². The van der Waals surface area contributed by atoms with E-state index in [1.165, 1.54) is 11.9 Å². The van der Waals surface area contributed by atoms with Gasteiger partial charge in [0.1, 0.15) is 0 Å². The topological polar surface area (TPSA) is 32.3 Å². The van der Waals surface area contributed by atoms with E-state index in [2.05, 4.69) is 4.72 Å². The molecule has 0 fully saturated rings. The smallest absolute Gasteiger partial charge is 0.0461 e. The second-order valence-corrected chi connectivity index (χ2v) is 5.21. The second-order valence-electron chi connectivity index (χ2n) is 3.44. The van der Waals surface area contributed by atoms with Gasteiger partial charge in [0, 0.05) is 28.1 Å². The van der Waals surface area contributed by atoms with Gasteiger partial charge in [-0.1, -0.05) is 23.2 Å². The third kappa shape index (κ3) is 4.52. The molecule has 0 atom stereocenters. The Labute approximate surface area is 110 Å². The lowest BCUT2D eigenvalue weighted by molar-refractivity contribution is 0.285. The van der Waals surface area contributed by atoms with Crippen molar-refractivity contribution in [3.63, 3.8) is 0 Å². The van der Waals surface area contributed by atoms with Gasteiger partial charge >= 0.3 is 0 Å². The molecule has 1 rings (SSSR count). The van der Waals surface area contributed by atoms with E-state index in [4.69, 9.17) is 28.3 Å². The summed E-state index contributed by atoms with van der Waals surface area (Å²) in [6.45, 7) is 3.07. The molecule has 0 amide bonds. The number of hydrogen-bond donors (Lipinski definition) is 2. The Morgan fingerprint density at radius 1 is 1.31 bits per heavy atom. The average molecular weight is 280 g/mol. The van der Waals surface area contributed by atoms with E-state index in [9.17, 15) is 0 Å². The van der Waals surface area contributed by atoms with Crippen LogP contribution in [-0.4, -0.2) is 18.3 Å². The van der Waals surface area contributed by atoms with Crippen LogP contribution in [0.4, 0.5) is 0 Å². The number of rotatable bonds is 6. The normalized spacial score (nSPS) is 10.8. The largest absolute Gasteiger partial charge is 0.396 e. The zero-order chi connectivity index (χ0) is 12.0. The Morgan fingerprint density at radius 2 is 2.06 bits per heavy atom. The summed E-state index contributed by atoms with van der Waals surface area (Å²) < 4.78 is 3.22. The molecule has 1 aromatic carbocycles. The van der Waals surface area contributed by atoms with Crippen LogP contribution < -0.4 is 4.72 Å². The fraction of sp³-hybridized carbons (Fsp3) is 0.455. The van der Waals surface area contributed by atoms with Crippen LogP contribution in [0.3, 0.4) is 0 Å². The highest BCUT2D eigenvalue weighted by Crippen LogP contribution is 2.30. The van der Waals surface area contributed by atoms with Crippen molar-refractivity contribution in [2.45, 2.75) is 24.7 Å². The van der Waals surface area contributed by atoms with Crippen molar-refractivity contribution in [1.82, 2.24) is 4.72 Å². The molecule has 0 spiro atoms. The van der Waals surface area contributed by atoms with Crippen molar-refractivity contribution < 1.29 is 5.11 Å². The van der Waals surface area contributed by atoms with Crippen LogP contribution >= 0.6 is 35.1 Å². The van der Waals surface area contributed by atoms with Crippen LogP contribution in [0, 0.1) is 6.92 Å². The molecule has 0 heterocycles. The lowest BCUT2D eigenvalue weighted by atomic mass is 10.2. The Kier molecular flexibility index (Phi) is 6.54. The first-order valence-corrected chi connectivity index (χ1v) is 6.68. The summed E-state index contributed by atoms with van der Waals surface area (Å²) in [5.41, 5.74) is 1.03. The molecule has 2 N–H and O–H groups in total. The first-order chi connectivity index (χ1) is 7.65. The standard InChI is InChI=1S/C11H15Cl2NOS/c1-8-10(13)6-9(12)7-11(8)16-14-4-2-3-5-15/h6-7,14-15H,2-5H2,1H3. The monoisotopic (exact) mass is 279 g/mol. The van der Waals surface area contributed by atoms with Gasteiger partial charge in [-0.3, -0.25) is 4.72 Å². The lowest BCUT2D eigenvalue weighted by Gasteiger charge is -2.08. The predicted octanol–water partition coefficient (Wildman–Crippen LogP) is 3.67. The van der Waals surface area contributed by atoms with E-state index in [-0.39, 0.29) is 6.61 Å². The Hall–Kier alpha value is 0.0700. The molecule has 16 heavy (non-hydrogen) atoms. The molecule has 0 bridgehead atoms. The van der Waals surface area contributed by atoms with Gasteiger partial charge in [0.05, 0.1) is 0 Å². The van der Waals surface area contributed by atoms with E-state index in [0.29, 0.717) is 10.0 Å². The van der Waals surface area contributed by atoms with Gasteiger partial charge in [0.25, 0.3) is 0 Å². The predicted molar refractivity (Wildman–Crippen MR) is 71.4 cm³/mol. The Morgan fingerprint density at radius 3 is 2.75 bits per heavy atom. The van der Waals surface area contributed by atoms with E-state index in [0.717, 1.165) is 29.8 Å². The summed E-state index contributed by atoms with van der Waals surface area (Å²) in [7, 11) is 0.